The number of imide groups is 1. The van der Waals surface area contributed by atoms with Gasteiger partial charge in [0.2, 0.25) is 11.8 Å². The third kappa shape index (κ3) is 2.18. The van der Waals surface area contributed by atoms with Gasteiger partial charge in [0.05, 0.1) is 10.7 Å². The Kier molecular flexibility index (Phi) is 3.21. The molecule has 2 aliphatic rings. The molecule has 1 aromatic carbocycles. The van der Waals surface area contributed by atoms with Gasteiger partial charge in [0.25, 0.3) is 0 Å². The van der Waals surface area contributed by atoms with Crippen molar-refractivity contribution in [1.29, 1.82) is 0 Å². The van der Waals surface area contributed by atoms with E-state index >= 15 is 0 Å². The molecule has 1 spiro atoms. The second-order valence-corrected chi connectivity index (χ2v) is 6.23. The van der Waals surface area contributed by atoms with Gasteiger partial charge in [0, 0.05) is 18.9 Å². The van der Waals surface area contributed by atoms with Crippen LogP contribution in [0.2, 0.25) is 5.02 Å². The highest BCUT2D eigenvalue weighted by molar-refractivity contribution is 6.35. The molecule has 0 unspecified atom stereocenters. The number of piperidine rings is 1. The molecule has 2 amide bonds. The standard InChI is InChI=1S/C15H16ClNO3/c16-11-7-10(18)3-4-12(11)17-13(19)8-15(9-14(17)20)5-1-2-6-15/h3-4,7,18H,1-2,5-6,8-9H2. The summed E-state index contributed by atoms with van der Waals surface area (Å²) >= 11 is 6.04. The average molecular weight is 294 g/mol. The number of phenols is 1. The molecular weight excluding hydrogens is 278 g/mol. The Labute approximate surface area is 122 Å². The van der Waals surface area contributed by atoms with Crippen molar-refractivity contribution in [2.75, 3.05) is 4.90 Å². The summed E-state index contributed by atoms with van der Waals surface area (Å²) in [6.07, 6.45) is 4.94. The minimum atomic E-state index is -0.185. The molecule has 2 fully saturated rings. The van der Waals surface area contributed by atoms with Gasteiger partial charge in [-0.1, -0.05) is 24.4 Å². The number of halogens is 1. The van der Waals surface area contributed by atoms with E-state index in [0.717, 1.165) is 25.7 Å². The fourth-order valence-corrected chi connectivity index (χ4v) is 3.68. The van der Waals surface area contributed by atoms with Crippen molar-refractivity contribution in [2.45, 2.75) is 38.5 Å². The van der Waals surface area contributed by atoms with Crippen molar-refractivity contribution < 1.29 is 14.7 Å². The lowest BCUT2D eigenvalue weighted by Gasteiger charge is -2.37. The van der Waals surface area contributed by atoms with Crippen LogP contribution in [0.5, 0.6) is 5.75 Å². The quantitative estimate of drug-likeness (QED) is 0.809. The number of benzene rings is 1. The van der Waals surface area contributed by atoms with Crippen molar-refractivity contribution >= 4 is 29.1 Å². The first-order valence-electron chi connectivity index (χ1n) is 6.85. The van der Waals surface area contributed by atoms with Crippen molar-refractivity contribution in [3.8, 4) is 5.75 Å². The van der Waals surface area contributed by atoms with Crippen LogP contribution in [0.1, 0.15) is 38.5 Å². The van der Waals surface area contributed by atoms with Crippen molar-refractivity contribution in [3.05, 3.63) is 23.2 Å². The third-order valence-corrected chi connectivity index (χ3v) is 4.69. The highest BCUT2D eigenvalue weighted by Gasteiger charge is 2.45. The number of anilines is 1. The maximum atomic E-state index is 12.4. The number of rotatable bonds is 1. The van der Waals surface area contributed by atoms with E-state index in [1.807, 2.05) is 0 Å². The van der Waals surface area contributed by atoms with Crippen LogP contribution in [0, 0.1) is 5.41 Å². The topological polar surface area (TPSA) is 57.6 Å². The minimum Gasteiger partial charge on any atom is -0.508 e. The molecule has 0 aromatic heterocycles. The number of phenolic OH excluding ortho intramolecular Hbond substituents is 1. The molecule has 4 nitrogen and oxygen atoms in total. The molecule has 20 heavy (non-hydrogen) atoms. The molecular formula is C15H16ClNO3. The SMILES string of the molecule is O=C1CC2(CCCC2)CC(=O)N1c1ccc(O)cc1Cl. The number of hydrogen-bond donors (Lipinski definition) is 1. The Bertz CT molecular complexity index is 558. The smallest absolute Gasteiger partial charge is 0.234 e. The minimum absolute atomic E-state index is 0.0166. The number of carbonyl (C=O) groups excluding carboxylic acids is 2. The first-order chi connectivity index (χ1) is 9.51. The van der Waals surface area contributed by atoms with Gasteiger partial charge in [-0.15, -0.1) is 0 Å². The lowest BCUT2D eigenvalue weighted by molar-refractivity contribution is -0.133. The van der Waals surface area contributed by atoms with Gasteiger partial charge in [-0.3, -0.25) is 9.59 Å². The van der Waals surface area contributed by atoms with Crippen LogP contribution in [0.15, 0.2) is 18.2 Å². The maximum absolute atomic E-state index is 12.4. The van der Waals surface area contributed by atoms with E-state index in [-0.39, 0.29) is 28.0 Å². The predicted molar refractivity (Wildman–Crippen MR) is 75.7 cm³/mol. The summed E-state index contributed by atoms with van der Waals surface area (Å²) in [5.74, 6) is -0.352. The van der Waals surface area contributed by atoms with E-state index in [2.05, 4.69) is 0 Å². The summed E-state index contributed by atoms with van der Waals surface area (Å²) in [7, 11) is 0. The zero-order valence-corrected chi connectivity index (χ0v) is 11.8. The summed E-state index contributed by atoms with van der Waals surface area (Å²) in [6.45, 7) is 0. The Balaban J connectivity index is 1.91. The number of hydrogen-bond acceptors (Lipinski definition) is 3. The van der Waals surface area contributed by atoms with Crippen molar-refractivity contribution in [1.82, 2.24) is 0 Å². The third-order valence-electron chi connectivity index (χ3n) is 4.39. The van der Waals surface area contributed by atoms with Gasteiger partial charge in [0.15, 0.2) is 0 Å². The zero-order chi connectivity index (χ0) is 14.3. The molecule has 1 saturated heterocycles. The Morgan fingerprint density at radius 2 is 1.70 bits per heavy atom. The number of aromatic hydroxyl groups is 1. The highest BCUT2D eigenvalue weighted by Crippen LogP contribution is 2.48. The van der Waals surface area contributed by atoms with Crippen molar-refractivity contribution in [2.24, 2.45) is 5.41 Å². The normalized spacial score (nSPS) is 21.8. The van der Waals surface area contributed by atoms with Gasteiger partial charge < -0.3 is 5.11 Å². The van der Waals surface area contributed by atoms with Gasteiger partial charge in [0.1, 0.15) is 5.75 Å². The Morgan fingerprint density at radius 3 is 2.25 bits per heavy atom. The van der Waals surface area contributed by atoms with E-state index < -0.39 is 0 Å². The van der Waals surface area contributed by atoms with Gasteiger partial charge in [-0.2, -0.15) is 0 Å². The van der Waals surface area contributed by atoms with Crippen LogP contribution >= 0.6 is 11.6 Å². The molecule has 5 heteroatoms. The molecule has 1 saturated carbocycles. The monoisotopic (exact) mass is 293 g/mol. The summed E-state index contributed by atoms with van der Waals surface area (Å²) in [6, 6.07) is 4.29. The van der Waals surface area contributed by atoms with Crippen LogP contribution in [-0.4, -0.2) is 16.9 Å². The lowest BCUT2D eigenvalue weighted by Crippen LogP contribution is -2.47. The molecule has 1 N–H and O–H groups in total. The fraction of sp³-hybridized carbons (Fsp3) is 0.467. The molecule has 0 atom stereocenters. The highest BCUT2D eigenvalue weighted by atomic mass is 35.5. The van der Waals surface area contributed by atoms with E-state index in [0.29, 0.717) is 18.5 Å². The summed E-state index contributed by atoms with van der Waals surface area (Å²) < 4.78 is 0. The Morgan fingerprint density at radius 1 is 1.10 bits per heavy atom. The van der Waals surface area contributed by atoms with Crippen LogP contribution in [0.3, 0.4) is 0 Å². The lowest BCUT2D eigenvalue weighted by atomic mass is 9.76. The van der Waals surface area contributed by atoms with Gasteiger partial charge in [-0.05, 0) is 30.4 Å². The molecule has 0 bridgehead atoms. The molecule has 3 rings (SSSR count). The van der Waals surface area contributed by atoms with E-state index in [4.69, 9.17) is 11.6 Å². The molecule has 1 aromatic rings. The summed E-state index contributed by atoms with van der Waals surface area (Å²) in [5, 5.41) is 9.58. The fourth-order valence-electron chi connectivity index (χ4n) is 3.43. The second-order valence-electron chi connectivity index (χ2n) is 5.82. The zero-order valence-electron chi connectivity index (χ0n) is 11.1. The van der Waals surface area contributed by atoms with Gasteiger partial charge in [-0.25, -0.2) is 4.90 Å². The van der Waals surface area contributed by atoms with Gasteiger partial charge >= 0.3 is 0 Å². The van der Waals surface area contributed by atoms with Crippen LogP contribution < -0.4 is 4.90 Å². The largest absolute Gasteiger partial charge is 0.508 e. The average Bonchev–Trinajstić information content (AvgIpc) is 2.79. The molecule has 1 aliphatic heterocycles. The molecule has 0 radical (unpaired) electrons. The van der Waals surface area contributed by atoms with E-state index in [1.165, 1.54) is 23.1 Å². The van der Waals surface area contributed by atoms with E-state index in [1.54, 1.807) is 0 Å². The summed E-state index contributed by atoms with van der Waals surface area (Å²) in [5.41, 5.74) is 0.251. The van der Waals surface area contributed by atoms with E-state index in [9.17, 15) is 14.7 Å². The predicted octanol–water partition coefficient (Wildman–Crippen LogP) is 3.26. The van der Waals surface area contributed by atoms with Crippen LogP contribution in [0.25, 0.3) is 0 Å². The first kappa shape index (κ1) is 13.4. The number of carbonyl (C=O) groups is 2. The maximum Gasteiger partial charge on any atom is 0.234 e. The van der Waals surface area contributed by atoms with Crippen LogP contribution in [-0.2, 0) is 9.59 Å². The molecule has 106 valence electrons. The van der Waals surface area contributed by atoms with Crippen molar-refractivity contribution in [3.63, 3.8) is 0 Å². The Hall–Kier alpha value is -1.55. The summed E-state index contributed by atoms with van der Waals surface area (Å²) in [4.78, 5) is 25.9. The molecule has 1 heterocycles. The number of amides is 2. The van der Waals surface area contributed by atoms with Crippen LogP contribution in [0.4, 0.5) is 5.69 Å². The molecule has 1 aliphatic carbocycles. The first-order valence-corrected chi connectivity index (χ1v) is 7.23. The second kappa shape index (κ2) is 4.77. The number of nitrogens with zero attached hydrogens (tertiary/aromatic N) is 1.